The lowest BCUT2D eigenvalue weighted by Crippen LogP contribution is -2.38. The summed E-state index contributed by atoms with van der Waals surface area (Å²) in [5, 5.41) is 7.50. The van der Waals surface area contributed by atoms with Crippen molar-refractivity contribution in [2.45, 2.75) is 52.5 Å². The van der Waals surface area contributed by atoms with Gasteiger partial charge in [-0.15, -0.1) is 12.4 Å². The summed E-state index contributed by atoms with van der Waals surface area (Å²) in [7, 11) is 0. The first kappa shape index (κ1) is 20.3. The maximum Gasteiger partial charge on any atom is 0.254 e. The molecule has 1 aliphatic rings. The van der Waals surface area contributed by atoms with Crippen LogP contribution in [0.3, 0.4) is 0 Å². The molecule has 0 radical (unpaired) electrons. The summed E-state index contributed by atoms with van der Waals surface area (Å²) in [5.74, 6) is 1.00. The van der Waals surface area contributed by atoms with Crippen LogP contribution in [-0.4, -0.2) is 38.2 Å². The largest absolute Gasteiger partial charge is 0.350 e. The van der Waals surface area contributed by atoms with E-state index in [1.807, 2.05) is 33.8 Å². The first-order valence-corrected chi connectivity index (χ1v) is 8.81. The molecule has 3 rings (SSSR count). The van der Waals surface area contributed by atoms with Gasteiger partial charge in [-0.1, -0.05) is 13.8 Å². The van der Waals surface area contributed by atoms with Gasteiger partial charge in [0, 0.05) is 30.2 Å². The molecular formula is C18H27ClN6O. The van der Waals surface area contributed by atoms with Crippen molar-refractivity contribution in [1.82, 2.24) is 25.1 Å². The van der Waals surface area contributed by atoms with Gasteiger partial charge >= 0.3 is 0 Å². The van der Waals surface area contributed by atoms with E-state index in [1.165, 1.54) is 0 Å². The lowest BCUT2D eigenvalue weighted by atomic mass is 10.1. The van der Waals surface area contributed by atoms with Crippen LogP contribution in [0.2, 0.25) is 0 Å². The van der Waals surface area contributed by atoms with Crippen molar-refractivity contribution in [3.8, 4) is 5.95 Å². The number of aryl methyl sites for hydroxylation is 2. The standard InChI is InChI=1S/C18H26N6O.ClH/c1-10(2)16-14(17(25)20-8-15(19)13-5-6-13)9-24(23-16)18-21-11(3)7-12(4)22-18;/h7,9-10,13,15H,5-6,8,19H2,1-4H3,(H,20,25);1H. The second kappa shape index (κ2) is 8.14. The molecule has 1 aliphatic carbocycles. The smallest absolute Gasteiger partial charge is 0.254 e. The Balaban J connectivity index is 0.00000243. The summed E-state index contributed by atoms with van der Waals surface area (Å²) in [6.07, 6.45) is 4.04. The number of nitrogens with one attached hydrogen (secondary N) is 1. The molecule has 0 bridgehead atoms. The van der Waals surface area contributed by atoms with Gasteiger partial charge in [0.15, 0.2) is 0 Å². The molecule has 7 nitrogen and oxygen atoms in total. The zero-order valence-corrected chi connectivity index (χ0v) is 16.5. The van der Waals surface area contributed by atoms with Crippen molar-refractivity contribution in [1.29, 1.82) is 0 Å². The lowest BCUT2D eigenvalue weighted by molar-refractivity contribution is 0.0949. The fourth-order valence-electron chi connectivity index (χ4n) is 2.90. The third kappa shape index (κ3) is 4.59. The molecule has 1 fully saturated rings. The minimum Gasteiger partial charge on any atom is -0.350 e. The number of hydrogen-bond donors (Lipinski definition) is 2. The van der Waals surface area contributed by atoms with Crippen molar-refractivity contribution in [2.24, 2.45) is 11.7 Å². The number of nitrogens with zero attached hydrogens (tertiary/aromatic N) is 4. The average Bonchev–Trinajstić information content (AvgIpc) is 3.29. The lowest BCUT2D eigenvalue weighted by Gasteiger charge is -2.11. The molecule has 8 heteroatoms. The van der Waals surface area contributed by atoms with Crippen LogP contribution in [0, 0.1) is 19.8 Å². The summed E-state index contributed by atoms with van der Waals surface area (Å²) in [6.45, 7) is 8.35. The fraction of sp³-hybridized carbons (Fsp3) is 0.556. The first-order valence-electron chi connectivity index (χ1n) is 8.81. The Labute approximate surface area is 160 Å². The van der Waals surface area contributed by atoms with E-state index in [4.69, 9.17) is 5.73 Å². The molecule has 142 valence electrons. The Morgan fingerprint density at radius 1 is 1.31 bits per heavy atom. The van der Waals surface area contributed by atoms with Crippen LogP contribution in [0.1, 0.15) is 60.0 Å². The van der Waals surface area contributed by atoms with Gasteiger partial charge in [0.1, 0.15) is 0 Å². The number of aromatic nitrogens is 4. The molecule has 0 saturated heterocycles. The minimum absolute atomic E-state index is 0. The quantitative estimate of drug-likeness (QED) is 0.803. The number of nitrogens with two attached hydrogens (primary N) is 1. The predicted octanol–water partition coefficient (Wildman–Crippen LogP) is 2.29. The second-order valence-electron chi connectivity index (χ2n) is 7.19. The van der Waals surface area contributed by atoms with Crippen LogP contribution >= 0.6 is 12.4 Å². The van der Waals surface area contributed by atoms with E-state index in [9.17, 15) is 4.79 Å². The molecule has 1 amide bonds. The highest BCUT2D eigenvalue weighted by atomic mass is 35.5. The predicted molar refractivity (Wildman–Crippen MR) is 103 cm³/mol. The van der Waals surface area contributed by atoms with Crippen molar-refractivity contribution in [3.05, 3.63) is 34.9 Å². The van der Waals surface area contributed by atoms with Gasteiger partial charge in [0.2, 0.25) is 0 Å². The Bertz CT molecular complexity index is 764. The van der Waals surface area contributed by atoms with Gasteiger partial charge < -0.3 is 11.1 Å². The van der Waals surface area contributed by atoms with Crippen LogP contribution < -0.4 is 11.1 Å². The monoisotopic (exact) mass is 378 g/mol. The maximum atomic E-state index is 12.6. The van der Waals surface area contributed by atoms with Crippen LogP contribution in [0.15, 0.2) is 12.3 Å². The van der Waals surface area contributed by atoms with Gasteiger partial charge in [-0.2, -0.15) is 5.10 Å². The van der Waals surface area contributed by atoms with Crippen molar-refractivity contribution in [2.75, 3.05) is 6.54 Å². The van der Waals surface area contributed by atoms with E-state index < -0.39 is 0 Å². The van der Waals surface area contributed by atoms with Crippen molar-refractivity contribution in [3.63, 3.8) is 0 Å². The third-order valence-corrected chi connectivity index (χ3v) is 4.44. The molecular weight excluding hydrogens is 352 g/mol. The van der Waals surface area contributed by atoms with Crippen LogP contribution in [0.25, 0.3) is 5.95 Å². The SMILES string of the molecule is Cc1cc(C)nc(-n2cc(C(=O)NCC(N)C3CC3)c(C(C)C)n2)n1.Cl. The van der Waals surface area contributed by atoms with Gasteiger partial charge in [-0.05, 0) is 44.6 Å². The first-order chi connectivity index (χ1) is 11.8. The molecule has 0 aromatic carbocycles. The number of carbonyl (C=O) groups excluding carboxylic acids is 1. The van der Waals surface area contributed by atoms with Crippen molar-refractivity contribution >= 4 is 18.3 Å². The summed E-state index contributed by atoms with van der Waals surface area (Å²) < 4.78 is 1.59. The van der Waals surface area contributed by atoms with Crippen LogP contribution in [-0.2, 0) is 0 Å². The average molecular weight is 379 g/mol. The summed E-state index contributed by atoms with van der Waals surface area (Å²) in [4.78, 5) is 21.5. The van der Waals surface area contributed by atoms with Crippen LogP contribution in [0.4, 0.5) is 0 Å². The highest BCUT2D eigenvalue weighted by Crippen LogP contribution is 2.31. The number of rotatable bonds is 6. The molecule has 1 unspecified atom stereocenters. The number of carbonyl (C=O) groups is 1. The zero-order chi connectivity index (χ0) is 18.1. The highest BCUT2D eigenvalue weighted by molar-refractivity contribution is 5.95. The Morgan fingerprint density at radius 2 is 1.92 bits per heavy atom. The van der Waals surface area contributed by atoms with Crippen LogP contribution in [0.5, 0.6) is 0 Å². The van der Waals surface area contributed by atoms with Gasteiger partial charge in [0.25, 0.3) is 11.9 Å². The number of amides is 1. The van der Waals surface area contributed by atoms with Gasteiger partial charge in [0.05, 0.1) is 11.3 Å². The highest BCUT2D eigenvalue weighted by Gasteiger charge is 2.29. The molecule has 1 atom stereocenters. The molecule has 0 aliphatic heterocycles. The molecule has 2 heterocycles. The van der Waals surface area contributed by atoms with E-state index in [0.717, 1.165) is 29.9 Å². The van der Waals surface area contributed by atoms with E-state index in [1.54, 1.807) is 10.9 Å². The number of halogens is 1. The van der Waals surface area contributed by atoms with E-state index in [0.29, 0.717) is 24.0 Å². The second-order valence-corrected chi connectivity index (χ2v) is 7.19. The molecule has 0 spiro atoms. The third-order valence-electron chi connectivity index (χ3n) is 4.44. The summed E-state index contributed by atoms with van der Waals surface area (Å²) >= 11 is 0. The fourth-order valence-corrected chi connectivity index (χ4v) is 2.90. The van der Waals surface area contributed by atoms with Gasteiger partial charge in [-0.25, -0.2) is 14.6 Å². The molecule has 3 N–H and O–H groups in total. The summed E-state index contributed by atoms with van der Waals surface area (Å²) in [6, 6.07) is 1.94. The van der Waals surface area contributed by atoms with E-state index >= 15 is 0 Å². The Hall–Kier alpha value is -1.99. The molecule has 26 heavy (non-hydrogen) atoms. The Morgan fingerprint density at radius 3 is 2.46 bits per heavy atom. The zero-order valence-electron chi connectivity index (χ0n) is 15.7. The normalized spacial score (nSPS) is 14.8. The van der Waals surface area contributed by atoms with Crippen molar-refractivity contribution < 1.29 is 4.79 Å². The topological polar surface area (TPSA) is 98.7 Å². The maximum absolute atomic E-state index is 12.6. The molecule has 2 aromatic heterocycles. The summed E-state index contributed by atoms with van der Waals surface area (Å²) in [5.41, 5.74) is 9.10. The van der Waals surface area contributed by atoms with E-state index in [-0.39, 0.29) is 30.3 Å². The Kier molecular flexibility index (Phi) is 6.36. The van der Waals surface area contributed by atoms with E-state index in [2.05, 4.69) is 20.4 Å². The number of hydrogen-bond acceptors (Lipinski definition) is 5. The molecule has 1 saturated carbocycles. The minimum atomic E-state index is -0.143. The van der Waals surface area contributed by atoms with Gasteiger partial charge in [-0.3, -0.25) is 4.79 Å². The molecule has 2 aromatic rings.